The van der Waals surface area contributed by atoms with Crippen molar-refractivity contribution >= 4 is 60.6 Å². The van der Waals surface area contributed by atoms with Gasteiger partial charge >= 0.3 is 265 Å². The molecular formula is C28H41IN2O7SeSi2. The molecule has 226 valence electrons. The minimum atomic E-state index is -2.96. The SMILES string of the molecule is CC(C)[Si]1(C(C)C)OC[C@H]2[Se][C@@H](n3cc(I)c(=O)n(C(=O)c4ccccc4)c3=O)C(O)C2O[Si](C(C)C)(C(C)C)O1. The summed E-state index contributed by atoms with van der Waals surface area (Å²) in [6, 6.07) is 8.27. The van der Waals surface area contributed by atoms with Gasteiger partial charge in [-0.2, -0.15) is 0 Å². The molecule has 2 saturated heterocycles. The number of carbonyl (C=O) groups excluding carboxylic acids is 1. The molecule has 2 aromatic rings. The van der Waals surface area contributed by atoms with Crippen molar-refractivity contribution in [1.29, 1.82) is 0 Å². The molecule has 0 bridgehead atoms. The Bertz CT molecular complexity index is 1370. The van der Waals surface area contributed by atoms with Gasteiger partial charge in [0, 0.05) is 0 Å². The third kappa shape index (κ3) is 5.83. The van der Waals surface area contributed by atoms with Gasteiger partial charge in [-0.1, -0.05) is 0 Å². The zero-order chi connectivity index (χ0) is 30.4. The number of halogens is 1. The Hall–Kier alpha value is -0.907. The van der Waals surface area contributed by atoms with Crippen LogP contribution in [0.5, 0.6) is 0 Å². The summed E-state index contributed by atoms with van der Waals surface area (Å²) in [7, 11) is -5.70. The molecule has 9 nitrogen and oxygen atoms in total. The minimum absolute atomic E-state index is 0.0991. The van der Waals surface area contributed by atoms with E-state index in [9.17, 15) is 19.5 Å². The number of aliphatic hydroxyl groups is 1. The van der Waals surface area contributed by atoms with Crippen molar-refractivity contribution < 1.29 is 22.9 Å². The Morgan fingerprint density at radius 2 is 1.54 bits per heavy atom. The van der Waals surface area contributed by atoms with Gasteiger partial charge in [0.2, 0.25) is 0 Å². The van der Waals surface area contributed by atoms with E-state index in [0.717, 1.165) is 0 Å². The van der Waals surface area contributed by atoms with E-state index in [-0.39, 0.29) is 51.1 Å². The second kappa shape index (κ2) is 12.6. The molecule has 1 aromatic carbocycles. The van der Waals surface area contributed by atoms with Gasteiger partial charge in [0.05, 0.1) is 0 Å². The van der Waals surface area contributed by atoms with Crippen molar-refractivity contribution in [3.8, 4) is 0 Å². The van der Waals surface area contributed by atoms with Crippen LogP contribution in [0.15, 0.2) is 46.1 Å². The summed E-state index contributed by atoms with van der Waals surface area (Å²) in [4.78, 5) is 39.3. The monoisotopic (exact) mass is 780 g/mol. The predicted molar refractivity (Wildman–Crippen MR) is 172 cm³/mol. The van der Waals surface area contributed by atoms with Gasteiger partial charge in [-0.05, 0) is 0 Å². The first kappa shape index (κ1) is 33.0. The maximum absolute atomic E-state index is 13.8. The van der Waals surface area contributed by atoms with Crippen LogP contribution in [0.2, 0.25) is 27.0 Å². The molecule has 3 heterocycles. The Morgan fingerprint density at radius 3 is 2.07 bits per heavy atom. The van der Waals surface area contributed by atoms with Crippen LogP contribution in [0, 0.1) is 3.57 Å². The Morgan fingerprint density at radius 1 is 0.976 bits per heavy atom. The number of aromatic nitrogens is 2. The van der Waals surface area contributed by atoms with Crippen LogP contribution in [0.4, 0.5) is 0 Å². The summed E-state index contributed by atoms with van der Waals surface area (Å²) in [5, 5.41) is 11.8. The molecule has 0 amide bonds. The molecule has 1 N–H and O–H groups in total. The number of rotatable bonds is 6. The molecule has 2 aliphatic rings. The zero-order valence-corrected chi connectivity index (χ0v) is 30.7. The molecular weight excluding hydrogens is 738 g/mol. The first-order valence-corrected chi connectivity index (χ1v) is 21.2. The van der Waals surface area contributed by atoms with Gasteiger partial charge in [0.1, 0.15) is 0 Å². The molecule has 13 heteroatoms. The number of nitrogens with zero attached hydrogens (tertiary/aromatic N) is 2. The van der Waals surface area contributed by atoms with Crippen LogP contribution < -0.4 is 11.2 Å². The summed E-state index contributed by atoms with van der Waals surface area (Å²) in [6.07, 6.45) is -0.157. The molecule has 0 saturated carbocycles. The van der Waals surface area contributed by atoms with Gasteiger partial charge < -0.3 is 0 Å². The average Bonchev–Trinajstić information content (AvgIpc) is 3.19. The van der Waals surface area contributed by atoms with Gasteiger partial charge in [-0.3, -0.25) is 0 Å². The topological polar surface area (TPSA) is 109 Å². The number of carbonyl (C=O) groups is 1. The van der Waals surface area contributed by atoms with Crippen molar-refractivity contribution in [1.82, 2.24) is 9.13 Å². The summed E-state index contributed by atoms with van der Waals surface area (Å²) < 4.78 is 23.4. The molecule has 2 unspecified atom stereocenters. The van der Waals surface area contributed by atoms with E-state index in [1.54, 1.807) is 30.3 Å². The van der Waals surface area contributed by atoms with Crippen LogP contribution in [0.25, 0.3) is 0 Å². The van der Waals surface area contributed by atoms with E-state index in [0.29, 0.717) is 11.2 Å². The van der Waals surface area contributed by atoms with Crippen LogP contribution in [0.1, 0.15) is 70.7 Å². The molecule has 4 rings (SSSR count). The first-order chi connectivity index (χ1) is 19.2. The average molecular weight is 780 g/mol. The van der Waals surface area contributed by atoms with Crippen molar-refractivity contribution in [2.75, 3.05) is 6.61 Å². The van der Waals surface area contributed by atoms with Crippen molar-refractivity contribution in [2.24, 2.45) is 0 Å². The second-order valence-corrected chi connectivity index (χ2v) is 25.0. The predicted octanol–water partition coefficient (Wildman–Crippen LogP) is 4.63. The molecule has 41 heavy (non-hydrogen) atoms. The number of benzene rings is 1. The first-order valence-electron chi connectivity index (χ1n) is 14.2. The standard InChI is InChI=1S/C28H41IN2O7SeSi2/c1-16(2)40(17(3)4)36-15-22-24(37-41(38-40,18(5)6)19(7)8)23(32)27(39-22)30-14-21(29)26(34)31(28(30)35)25(33)20-12-10-9-11-13-20/h9-14,16-19,22-24,27,32H,15H2,1-8H3/t22-,23?,24?,27-/m1/s1. The fourth-order valence-corrected chi connectivity index (χ4v) is 21.3. The third-order valence-corrected chi connectivity index (χ3v) is 22.4. The zero-order valence-electron chi connectivity index (χ0n) is 24.9. The number of fused-ring (bicyclic) bond motifs is 1. The Balaban J connectivity index is 1.81. The van der Waals surface area contributed by atoms with Crippen LogP contribution in [-0.4, -0.2) is 71.0 Å². The molecule has 1 aromatic heterocycles. The molecule has 0 radical (unpaired) electrons. The number of hydrogen-bond acceptors (Lipinski definition) is 7. The van der Waals surface area contributed by atoms with Gasteiger partial charge in [0.25, 0.3) is 0 Å². The van der Waals surface area contributed by atoms with Gasteiger partial charge in [-0.25, -0.2) is 0 Å². The van der Waals surface area contributed by atoms with E-state index in [2.05, 4.69) is 55.4 Å². The molecule has 2 aliphatic heterocycles. The van der Waals surface area contributed by atoms with E-state index < -0.39 is 51.4 Å². The second-order valence-electron chi connectivity index (χ2n) is 12.1. The molecule has 0 spiro atoms. The molecule has 4 atom stereocenters. The summed E-state index contributed by atoms with van der Waals surface area (Å²) in [5.74, 6) is -0.692. The maximum atomic E-state index is 13.8. The normalized spacial score (nSPS) is 25.9. The van der Waals surface area contributed by atoms with Crippen LogP contribution in [0.3, 0.4) is 0 Å². The fraction of sp³-hybridized carbons (Fsp3) is 0.607. The number of hydrogen-bond donors (Lipinski definition) is 1. The van der Waals surface area contributed by atoms with E-state index in [4.69, 9.17) is 13.0 Å². The summed E-state index contributed by atoms with van der Waals surface area (Å²) in [6.45, 7) is 17.5. The van der Waals surface area contributed by atoms with Gasteiger partial charge in [0.15, 0.2) is 0 Å². The molecule has 2 fully saturated rings. The third-order valence-electron chi connectivity index (χ3n) is 8.21. The Labute approximate surface area is 263 Å². The number of aliphatic hydroxyl groups excluding tert-OH is 1. The van der Waals surface area contributed by atoms with E-state index in [1.165, 1.54) is 10.8 Å². The summed E-state index contributed by atoms with van der Waals surface area (Å²) in [5.41, 5.74) is -0.608. The van der Waals surface area contributed by atoms with E-state index in [1.807, 2.05) is 22.6 Å². The quantitative estimate of drug-likeness (QED) is 0.337. The van der Waals surface area contributed by atoms with Crippen molar-refractivity contribution in [3.63, 3.8) is 0 Å². The molecule has 0 aliphatic carbocycles. The fourth-order valence-electron chi connectivity index (χ4n) is 5.98. The van der Waals surface area contributed by atoms with Crippen LogP contribution in [-0.2, 0) is 13.0 Å². The van der Waals surface area contributed by atoms with Crippen LogP contribution >= 0.6 is 22.6 Å². The van der Waals surface area contributed by atoms with Crippen molar-refractivity contribution in [3.05, 3.63) is 66.5 Å². The van der Waals surface area contributed by atoms with Crippen molar-refractivity contribution in [2.45, 2.75) is 99.5 Å². The Kier molecular flexibility index (Phi) is 10.1. The van der Waals surface area contributed by atoms with E-state index >= 15 is 0 Å². The van der Waals surface area contributed by atoms with Gasteiger partial charge in [-0.15, -0.1) is 0 Å². The summed E-state index contributed by atoms with van der Waals surface area (Å²) >= 11 is 1.51.